The third-order valence-corrected chi connectivity index (χ3v) is 2.00. The fraction of sp³-hybridized carbons (Fsp3) is 0.300. The molecule has 0 fully saturated rings. The van der Waals surface area contributed by atoms with Gasteiger partial charge in [-0.1, -0.05) is 6.07 Å². The normalized spacial score (nSPS) is 10.7. The average molecular weight is 287 g/mol. The maximum atomic E-state index is 13.1. The van der Waals surface area contributed by atoms with Crippen LogP contribution in [0.1, 0.15) is 10.4 Å². The first-order valence-electron chi connectivity index (χ1n) is 4.67. The van der Waals surface area contributed by atoms with Crippen LogP contribution in [0.2, 0.25) is 0 Å². The molecule has 0 saturated carbocycles. The molecule has 0 atom stereocenters. The van der Waals surface area contributed by atoms with Gasteiger partial charge >= 0.3 is 0 Å². The Hall–Kier alpha value is -1.34. The number of hydrogen-bond donors (Lipinski definition) is 2. The summed E-state index contributed by atoms with van der Waals surface area (Å²) in [6.07, 6.45) is 0. The van der Waals surface area contributed by atoms with E-state index in [0.717, 1.165) is 18.2 Å². The highest BCUT2D eigenvalue weighted by Gasteiger charge is 2.28. The van der Waals surface area contributed by atoms with Crippen molar-refractivity contribution in [3.05, 3.63) is 35.4 Å². The summed E-state index contributed by atoms with van der Waals surface area (Å²) < 4.78 is 51.3. The molecule has 1 amide bonds. The third kappa shape index (κ3) is 4.15. The number of halogens is 5. The van der Waals surface area contributed by atoms with Gasteiger partial charge in [-0.05, 0) is 12.1 Å². The van der Waals surface area contributed by atoms with Crippen molar-refractivity contribution in [1.29, 1.82) is 0 Å². The second-order valence-corrected chi connectivity index (χ2v) is 3.34. The molecule has 3 nitrogen and oxygen atoms in total. The number of carbonyl (C=O) groups is 1. The van der Waals surface area contributed by atoms with E-state index in [0.29, 0.717) is 0 Å². The second-order valence-electron chi connectivity index (χ2n) is 3.34. The van der Waals surface area contributed by atoms with Crippen LogP contribution in [-0.4, -0.2) is 24.9 Å². The van der Waals surface area contributed by atoms with Gasteiger partial charge in [-0.15, -0.1) is 12.4 Å². The summed E-state index contributed by atoms with van der Waals surface area (Å²) in [6, 6.07) is 2.92. The highest BCUT2D eigenvalue weighted by Crippen LogP contribution is 2.13. The van der Waals surface area contributed by atoms with Gasteiger partial charge in [0.2, 0.25) is 0 Å². The number of rotatable bonds is 4. The van der Waals surface area contributed by atoms with Crippen LogP contribution in [0.15, 0.2) is 18.2 Å². The van der Waals surface area contributed by atoms with E-state index in [4.69, 9.17) is 5.73 Å². The Labute approximate surface area is 107 Å². The van der Waals surface area contributed by atoms with Crippen LogP contribution >= 0.6 is 12.4 Å². The average Bonchev–Trinajstić information content (AvgIpc) is 2.30. The Kier molecular flexibility index (Phi) is 6.07. The molecule has 3 N–H and O–H groups in total. The number of hydrogen-bond acceptors (Lipinski definition) is 2. The van der Waals surface area contributed by atoms with Crippen LogP contribution in [0.3, 0.4) is 0 Å². The molecule has 8 heteroatoms. The van der Waals surface area contributed by atoms with Gasteiger partial charge in [-0.25, -0.2) is 17.6 Å². The Balaban J connectivity index is 0.00000289. The van der Waals surface area contributed by atoms with Crippen LogP contribution < -0.4 is 11.1 Å². The van der Waals surface area contributed by atoms with Gasteiger partial charge < -0.3 is 11.1 Å². The molecule has 0 spiro atoms. The molecule has 0 aromatic heterocycles. The molecule has 0 heterocycles. The predicted molar refractivity (Wildman–Crippen MR) is 59.9 cm³/mol. The van der Waals surface area contributed by atoms with Gasteiger partial charge in [0.1, 0.15) is 0 Å². The summed E-state index contributed by atoms with van der Waals surface area (Å²) in [5.74, 6) is -6.99. The molecular formula is C10H11ClF4N2O. The summed E-state index contributed by atoms with van der Waals surface area (Å²) in [5, 5.41) is 1.78. The van der Waals surface area contributed by atoms with Gasteiger partial charge in [-0.2, -0.15) is 0 Å². The van der Waals surface area contributed by atoms with Gasteiger partial charge in [0.15, 0.2) is 11.6 Å². The Morgan fingerprint density at radius 3 is 2.50 bits per heavy atom. The fourth-order valence-electron chi connectivity index (χ4n) is 1.06. The molecular weight excluding hydrogens is 276 g/mol. The van der Waals surface area contributed by atoms with Crippen molar-refractivity contribution in [3.63, 3.8) is 0 Å². The zero-order valence-electron chi connectivity index (χ0n) is 9.05. The Bertz CT molecular complexity index is 428. The molecule has 0 unspecified atom stereocenters. The first-order valence-corrected chi connectivity index (χ1v) is 4.67. The van der Waals surface area contributed by atoms with Gasteiger partial charge in [0.25, 0.3) is 11.8 Å². The summed E-state index contributed by atoms with van der Waals surface area (Å²) >= 11 is 0. The van der Waals surface area contributed by atoms with Gasteiger partial charge in [0.05, 0.1) is 18.7 Å². The van der Waals surface area contributed by atoms with E-state index < -0.39 is 42.1 Å². The summed E-state index contributed by atoms with van der Waals surface area (Å²) in [7, 11) is 0. The lowest BCUT2D eigenvalue weighted by Crippen LogP contribution is -2.41. The maximum absolute atomic E-state index is 13.1. The lowest BCUT2D eigenvalue weighted by molar-refractivity contribution is 0.0118. The number of amides is 1. The van der Waals surface area contributed by atoms with E-state index >= 15 is 0 Å². The molecule has 102 valence electrons. The zero-order chi connectivity index (χ0) is 13.1. The first kappa shape index (κ1) is 16.7. The highest BCUT2D eigenvalue weighted by molar-refractivity contribution is 5.94. The number of carbonyl (C=O) groups excluding carboxylic acids is 1. The van der Waals surface area contributed by atoms with Crippen molar-refractivity contribution in [2.75, 3.05) is 13.1 Å². The molecule has 0 aliphatic heterocycles. The number of alkyl halides is 2. The summed E-state index contributed by atoms with van der Waals surface area (Å²) in [6.45, 7) is -1.98. The quantitative estimate of drug-likeness (QED) is 0.828. The van der Waals surface area contributed by atoms with E-state index in [-0.39, 0.29) is 12.4 Å². The summed E-state index contributed by atoms with van der Waals surface area (Å²) in [5.41, 5.74) is 4.12. The van der Waals surface area contributed by atoms with Crippen LogP contribution in [-0.2, 0) is 0 Å². The van der Waals surface area contributed by atoms with Crippen LogP contribution in [0.5, 0.6) is 0 Å². The van der Waals surface area contributed by atoms with Crippen molar-refractivity contribution in [2.24, 2.45) is 5.73 Å². The molecule has 0 aliphatic rings. The highest BCUT2D eigenvalue weighted by atomic mass is 35.5. The molecule has 18 heavy (non-hydrogen) atoms. The molecule has 0 saturated heterocycles. The SMILES string of the molecule is Cl.NCC(F)(F)CNC(=O)c1cccc(F)c1F. The second kappa shape index (κ2) is 6.55. The number of nitrogens with two attached hydrogens (primary N) is 1. The molecule has 0 bridgehead atoms. The minimum absolute atomic E-state index is 0. The fourth-order valence-corrected chi connectivity index (χ4v) is 1.06. The van der Waals surface area contributed by atoms with E-state index in [1.54, 1.807) is 5.32 Å². The van der Waals surface area contributed by atoms with Crippen molar-refractivity contribution in [3.8, 4) is 0 Å². The lowest BCUT2D eigenvalue weighted by atomic mass is 10.2. The predicted octanol–water partition coefficient (Wildman–Crippen LogP) is 1.71. The standard InChI is InChI=1S/C10H10F4N2O.ClH/c11-7-3-1-2-6(8(7)12)9(17)16-5-10(13,14)4-15;/h1-3H,4-5,15H2,(H,16,17);1H. The lowest BCUT2D eigenvalue weighted by Gasteiger charge is -2.14. The molecule has 1 aromatic rings. The third-order valence-electron chi connectivity index (χ3n) is 2.00. The van der Waals surface area contributed by atoms with E-state index in [9.17, 15) is 22.4 Å². The zero-order valence-corrected chi connectivity index (χ0v) is 9.87. The smallest absolute Gasteiger partial charge is 0.277 e. The van der Waals surface area contributed by atoms with Gasteiger partial charge in [0, 0.05) is 0 Å². The Morgan fingerprint density at radius 2 is 1.94 bits per heavy atom. The monoisotopic (exact) mass is 286 g/mol. The number of benzene rings is 1. The Morgan fingerprint density at radius 1 is 1.33 bits per heavy atom. The van der Waals surface area contributed by atoms with E-state index in [1.807, 2.05) is 0 Å². The molecule has 1 rings (SSSR count). The van der Waals surface area contributed by atoms with E-state index in [2.05, 4.69) is 0 Å². The largest absolute Gasteiger partial charge is 0.346 e. The van der Waals surface area contributed by atoms with Crippen molar-refractivity contribution in [1.82, 2.24) is 5.32 Å². The van der Waals surface area contributed by atoms with Crippen molar-refractivity contribution < 1.29 is 22.4 Å². The molecule has 1 aromatic carbocycles. The van der Waals surface area contributed by atoms with E-state index in [1.165, 1.54) is 0 Å². The summed E-state index contributed by atoms with van der Waals surface area (Å²) in [4.78, 5) is 11.3. The minimum Gasteiger partial charge on any atom is -0.346 e. The topological polar surface area (TPSA) is 55.1 Å². The van der Waals surface area contributed by atoms with Crippen LogP contribution in [0, 0.1) is 11.6 Å². The molecule has 0 radical (unpaired) electrons. The maximum Gasteiger partial charge on any atom is 0.277 e. The van der Waals surface area contributed by atoms with Crippen molar-refractivity contribution in [2.45, 2.75) is 5.92 Å². The first-order chi connectivity index (χ1) is 7.87. The molecule has 0 aliphatic carbocycles. The van der Waals surface area contributed by atoms with Gasteiger partial charge in [-0.3, -0.25) is 4.79 Å². The van der Waals surface area contributed by atoms with Crippen LogP contribution in [0.25, 0.3) is 0 Å². The number of nitrogens with one attached hydrogen (secondary N) is 1. The van der Waals surface area contributed by atoms with Crippen LogP contribution in [0.4, 0.5) is 17.6 Å². The minimum atomic E-state index is -3.28. The van der Waals surface area contributed by atoms with Crippen molar-refractivity contribution >= 4 is 18.3 Å².